The summed E-state index contributed by atoms with van der Waals surface area (Å²) >= 11 is 0. The molecule has 1 rings (SSSR count). The minimum Gasteiger partial charge on any atom is -0.603 e. The van der Waals surface area contributed by atoms with Crippen LogP contribution in [0.5, 0.6) is 0 Å². The number of carbonyl (C=O) groups is 1. The highest BCUT2D eigenvalue weighted by Crippen LogP contribution is 2.11. The summed E-state index contributed by atoms with van der Waals surface area (Å²) in [5.74, 6) is -1.32. The van der Waals surface area contributed by atoms with Crippen LogP contribution in [0.25, 0.3) is 0 Å². The van der Waals surface area contributed by atoms with Crippen molar-refractivity contribution in [2.24, 2.45) is 0 Å². The van der Waals surface area contributed by atoms with Crippen LogP contribution in [0.2, 0.25) is 0 Å². The van der Waals surface area contributed by atoms with E-state index in [4.69, 9.17) is 10.00 Å². The molecule has 0 aliphatic carbocycles. The van der Waals surface area contributed by atoms with Crippen molar-refractivity contribution in [2.45, 2.75) is 6.42 Å². The van der Waals surface area contributed by atoms with Crippen LogP contribution in [-0.2, 0) is 11.2 Å². The van der Waals surface area contributed by atoms with Gasteiger partial charge in [-0.3, -0.25) is 0 Å². The van der Waals surface area contributed by atoms with Gasteiger partial charge in [0.05, 0.1) is 0 Å². The average molecular weight is 212 g/mol. The summed E-state index contributed by atoms with van der Waals surface area (Å²) in [5.41, 5.74) is 0.710. The lowest BCUT2D eigenvalue weighted by atomic mass is 10.1. The maximum absolute atomic E-state index is 10.7. The lowest BCUT2D eigenvalue weighted by molar-refractivity contribution is -0.167. The predicted molar refractivity (Wildman–Crippen MR) is 51.9 cm³/mol. The molecule has 0 bridgehead atoms. The number of carboxylic acids is 1. The summed E-state index contributed by atoms with van der Waals surface area (Å²) in [6.07, 6.45) is 0.00186. The Hall–Kier alpha value is -1.22. The van der Waals surface area contributed by atoms with Gasteiger partial charge in [0.1, 0.15) is 0 Å². The SMILES string of the molecule is O=C(O)/C(Cc1ccccc1)=[P+](\[O-])O. The van der Waals surface area contributed by atoms with Crippen molar-refractivity contribution in [3.8, 4) is 0 Å². The van der Waals surface area contributed by atoms with Crippen molar-refractivity contribution < 1.29 is 19.7 Å². The molecule has 0 aromatic heterocycles. The quantitative estimate of drug-likeness (QED) is 0.699. The van der Waals surface area contributed by atoms with Gasteiger partial charge >= 0.3 is 5.97 Å². The molecule has 0 radical (unpaired) electrons. The van der Waals surface area contributed by atoms with Crippen molar-refractivity contribution >= 4 is 19.3 Å². The van der Waals surface area contributed by atoms with Crippen molar-refractivity contribution in [2.75, 3.05) is 0 Å². The first-order valence-electron chi connectivity index (χ1n) is 3.90. The Balaban J connectivity index is 2.87. The van der Waals surface area contributed by atoms with Gasteiger partial charge in [0.2, 0.25) is 13.3 Å². The minimum atomic E-state index is -2.76. The molecule has 0 saturated carbocycles. The third-order valence-corrected chi connectivity index (χ3v) is 2.50. The standard InChI is InChI=1S/C9H9O4P/c10-9(11)8(14(12)13)6-7-4-2-1-3-5-7/h1-5H,6H2,(H,10,11)(H,12,13). The minimum absolute atomic E-state index is 0.00186. The number of hydrogen-bond acceptors (Lipinski definition) is 3. The number of benzene rings is 1. The van der Waals surface area contributed by atoms with Crippen LogP contribution in [0.1, 0.15) is 5.56 Å². The molecule has 0 amide bonds. The monoisotopic (exact) mass is 212 g/mol. The molecular weight excluding hydrogens is 203 g/mol. The molecule has 1 atom stereocenters. The molecule has 1 aromatic rings. The number of rotatable bonds is 3. The molecule has 0 aliphatic heterocycles. The lowest BCUT2D eigenvalue weighted by Crippen LogP contribution is -2.17. The van der Waals surface area contributed by atoms with E-state index in [0.717, 1.165) is 0 Å². The topological polar surface area (TPSA) is 80.6 Å². The maximum atomic E-state index is 10.7. The maximum Gasteiger partial charge on any atom is 0.377 e. The third-order valence-electron chi connectivity index (χ3n) is 1.69. The van der Waals surface area contributed by atoms with E-state index in [1.165, 1.54) is 0 Å². The molecule has 1 aromatic carbocycles. The van der Waals surface area contributed by atoms with Gasteiger partial charge in [-0.1, -0.05) is 30.3 Å². The van der Waals surface area contributed by atoms with Crippen LogP contribution in [0.15, 0.2) is 30.3 Å². The van der Waals surface area contributed by atoms with Crippen LogP contribution in [-0.4, -0.2) is 21.3 Å². The van der Waals surface area contributed by atoms with E-state index in [0.29, 0.717) is 5.56 Å². The normalized spacial score (nSPS) is 12.1. The summed E-state index contributed by atoms with van der Waals surface area (Å²) in [6, 6.07) is 8.71. The van der Waals surface area contributed by atoms with Crippen LogP contribution in [0, 0.1) is 0 Å². The van der Waals surface area contributed by atoms with E-state index in [1.54, 1.807) is 30.3 Å². The van der Waals surface area contributed by atoms with Crippen LogP contribution in [0.4, 0.5) is 0 Å². The summed E-state index contributed by atoms with van der Waals surface area (Å²) in [5, 5.41) is 8.25. The fourth-order valence-electron chi connectivity index (χ4n) is 1.01. The van der Waals surface area contributed by atoms with E-state index >= 15 is 0 Å². The van der Waals surface area contributed by atoms with Gasteiger partial charge in [-0.2, -0.15) is 4.89 Å². The second-order valence-corrected chi connectivity index (χ2v) is 3.77. The van der Waals surface area contributed by atoms with Crippen LogP contribution in [0.3, 0.4) is 0 Å². The van der Waals surface area contributed by atoms with Gasteiger partial charge in [0, 0.05) is 6.42 Å². The first-order chi connectivity index (χ1) is 6.61. The van der Waals surface area contributed by atoms with Gasteiger partial charge in [-0.15, -0.1) is 0 Å². The number of aliphatic carboxylic acids is 1. The molecule has 14 heavy (non-hydrogen) atoms. The van der Waals surface area contributed by atoms with Crippen molar-refractivity contribution in [1.82, 2.24) is 0 Å². The number of hydrogen-bond donors (Lipinski definition) is 2. The summed E-state index contributed by atoms with van der Waals surface area (Å²) in [7, 11) is -2.76. The summed E-state index contributed by atoms with van der Waals surface area (Å²) < 4.78 is 0. The number of carboxylic acid groups (broad SMARTS) is 1. The van der Waals surface area contributed by atoms with E-state index in [-0.39, 0.29) is 11.7 Å². The zero-order valence-corrected chi connectivity index (χ0v) is 8.15. The second-order valence-electron chi connectivity index (χ2n) is 2.69. The second kappa shape index (κ2) is 4.86. The smallest absolute Gasteiger partial charge is 0.377 e. The highest BCUT2D eigenvalue weighted by Gasteiger charge is 2.18. The molecule has 0 aliphatic rings. The van der Waals surface area contributed by atoms with E-state index in [9.17, 15) is 9.69 Å². The van der Waals surface area contributed by atoms with E-state index < -0.39 is 14.0 Å². The van der Waals surface area contributed by atoms with Crippen molar-refractivity contribution in [3.63, 3.8) is 0 Å². The summed E-state index contributed by atoms with van der Waals surface area (Å²) in [6.45, 7) is 0. The van der Waals surface area contributed by atoms with Gasteiger partial charge in [0.25, 0.3) is 0 Å². The predicted octanol–water partition coefficient (Wildman–Crippen LogP) is 0.151. The molecule has 2 N–H and O–H groups in total. The Kier molecular flexibility index (Phi) is 3.77. The molecular formula is C9H9O4P. The molecule has 0 heterocycles. The molecule has 0 saturated heterocycles. The lowest BCUT2D eigenvalue weighted by Gasteiger charge is -1.99. The molecule has 74 valence electrons. The Bertz CT molecular complexity index is 354. The van der Waals surface area contributed by atoms with E-state index in [1.807, 2.05) is 0 Å². The van der Waals surface area contributed by atoms with Crippen molar-refractivity contribution in [3.05, 3.63) is 35.9 Å². The molecule has 1 unspecified atom stereocenters. The molecule has 0 spiro atoms. The van der Waals surface area contributed by atoms with Gasteiger partial charge in [-0.05, 0) is 5.56 Å². The zero-order chi connectivity index (χ0) is 10.6. The van der Waals surface area contributed by atoms with E-state index in [2.05, 4.69) is 0 Å². The first kappa shape index (κ1) is 10.9. The van der Waals surface area contributed by atoms with Gasteiger partial charge in [-0.25, -0.2) is 4.79 Å². The fraction of sp³-hybridized carbons (Fsp3) is 0.111. The van der Waals surface area contributed by atoms with Crippen LogP contribution >= 0.6 is 8.00 Å². The highest BCUT2D eigenvalue weighted by molar-refractivity contribution is 7.48. The Labute approximate surface area is 82.0 Å². The molecule has 5 heteroatoms. The molecule has 0 fully saturated rings. The fourth-order valence-corrected chi connectivity index (χ4v) is 1.50. The average Bonchev–Trinajstić information content (AvgIpc) is 2.15. The Morgan fingerprint density at radius 2 is 1.93 bits per heavy atom. The van der Waals surface area contributed by atoms with Gasteiger partial charge < -0.3 is 10.00 Å². The Morgan fingerprint density at radius 3 is 2.36 bits per heavy atom. The largest absolute Gasteiger partial charge is 0.603 e. The highest BCUT2D eigenvalue weighted by atomic mass is 31.1. The van der Waals surface area contributed by atoms with Crippen LogP contribution < -0.4 is 4.89 Å². The third kappa shape index (κ3) is 2.92. The zero-order valence-electron chi connectivity index (χ0n) is 7.25. The molecule has 4 nitrogen and oxygen atoms in total. The van der Waals surface area contributed by atoms with Crippen molar-refractivity contribution in [1.29, 1.82) is 0 Å². The van der Waals surface area contributed by atoms with Gasteiger partial charge in [0.15, 0.2) is 0 Å². The Morgan fingerprint density at radius 1 is 1.36 bits per heavy atom. The summed E-state index contributed by atoms with van der Waals surface area (Å²) in [4.78, 5) is 30.0. The first-order valence-corrected chi connectivity index (χ1v) is 5.11.